The van der Waals surface area contributed by atoms with E-state index >= 15 is 0 Å². The molecule has 0 bridgehead atoms. The molecule has 0 saturated carbocycles. The van der Waals surface area contributed by atoms with E-state index in [-0.39, 0.29) is 13.4 Å². The largest absolute Gasteiger partial charge is 0.311 e. The molecular formula is C58H36B2N4S2. The smallest absolute Gasteiger partial charge is 0.264 e. The maximum absolute atomic E-state index is 2.64. The molecule has 8 heteroatoms. The van der Waals surface area contributed by atoms with Gasteiger partial charge in [-0.15, -0.1) is 22.7 Å². The van der Waals surface area contributed by atoms with Crippen LogP contribution in [0.15, 0.2) is 218 Å². The Kier molecular flexibility index (Phi) is 7.68. The van der Waals surface area contributed by atoms with E-state index in [0.717, 1.165) is 11.4 Å². The highest BCUT2D eigenvalue weighted by Crippen LogP contribution is 2.51. The molecule has 0 fully saturated rings. The van der Waals surface area contributed by atoms with Gasteiger partial charge in [0.1, 0.15) is 0 Å². The van der Waals surface area contributed by atoms with E-state index in [1.165, 1.54) is 108 Å². The SMILES string of the molecule is c1ccc(N2c3cc4c(cc3B3c5sc6ccccc6c5N(c5ccccc5)c5cccc2c53)B2c3sc5ccccc5c3N(c3ccccc3)c3cccc(c32)N4c2ccccc2)cc1. The van der Waals surface area contributed by atoms with E-state index < -0.39 is 0 Å². The van der Waals surface area contributed by atoms with Crippen LogP contribution in [0.4, 0.5) is 68.2 Å². The lowest BCUT2D eigenvalue weighted by atomic mass is 9.32. The molecule has 0 amide bonds. The minimum Gasteiger partial charge on any atom is -0.311 e. The Labute approximate surface area is 391 Å². The second-order valence-corrected chi connectivity index (χ2v) is 19.7. The number of thiophene rings is 2. The van der Waals surface area contributed by atoms with E-state index in [1.807, 2.05) is 22.7 Å². The molecule has 0 aliphatic carbocycles. The van der Waals surface area contributed by atoms with Gasteiger partial charge >= 0.3 is 0 Å². The van der Waals surface area contributed by atoms with E-state index in [1.54, 1.807) is 0 Å². The monoisotopic (exact) mass is 874 g/mol. The summed E-state index contributed by atoms with van der Waals surface area (Å²) in [5.74, 6) is 0. The highest BCUT2D eigenvalue weighted by atomic mass is 32.1. The standard InChI is InChI=1S/C58H36B2N4S2/c1-5-19-37(20-6-1)61-45-29-17-31-47-53(45)59(57-55(41-27-13-15-33-51(41)65-57)63(47)39-23-9-3-10-24-39)43-35-44-50(36-49(43)61)62(38-21-7-2-8-22-38)46-30-18-32-48-54(46)60(44)58-56(42-28-14-16-34-52(42)66-58)64(48)40-25-11-4-12-26-40/h1-36H. The zero-order valence-electron chi connectivity index (χ0n) is 35.5. The molecule has 4 aliphatic heterocycles. The molecule has 0 radical (unpaired) electrons. The fourth-order valence-corrected chi connectivity index (χ4v) is 14.3. The van der Waals surface area contributed by atoms with Gasteiger partial charge in [0.25, 0.3) is 13.4 Å². The number of nitrogens with zero attached hydrogens (tertiary/aromatic N) is 4. The van der Waals surface area contributed by atoms with Gasteiger partial charge in [0.05, 0.1) is 11.4 Å². The summed E-state index contributed by atoms with van der Waals surface area (Å²) in [5, 5.41) is 2.58. The molecule has 11 aromatic rings. The van der Waals surface area contributed by atoms with Gasteiger partial charge < -0.3 is 19.6 Å². The van der Waals surface area contributed by atoms with Gasteiger partial charge in [0, 0.05) is 86.6 Å². The minimum atomic E-state index is -0.00285. The molecule has 15 rings (SSSR count). The van der Waals surface area contributed by atoms with Gasteiger partial charge in [-0.1, -0.05) is 127 Å². The van der Waals surface area contributed by atoms with Crippen LogP contribution >= 0.6 is 22.7 Å². The normalized spacial score (nSPS) is 13.9. The van der Waals surface area contributed by atoms with Crippen LogP contribution < -0.4 is 51.0 Å². The summed E-state index contributed by atoms with van der Waals surface area (Å²) in [5.41, 5.74) is 19.9. The molecule has 4 aliphatic rings. The van der Waals surface area contributed by atoms with E-state index in [2.05, 4.69) is 238 Å². The first kappa shape index (κ1) is 36.6. The number of hydrogen-bond acceptors (Lipinski definition) is 6. The highest BCUT2D eigenvalue weighted by Gasteiger charge is 2.49. The number of benzene rings is 9. The van der Waals surface area contributed by atoms with Crippen LogP contribution in [0.3, 0.4) is 0 Å². The van der Waals surface area contributed by atoms with Gasteiger partial charge in [-0.25, -0.2) is 0 Å². The summed E-state index contributed by atoms with van der Waals surface area (Å²) in [7, 11) is 0. The number of rotatable bonds is 4. The van der Waals surface area contributed by atoms with E-state index in [4.69, 9.17) is 0 Å². The van der Waals surface area contributed by atoms with E-state index in [0.29, 0.717) is 0 Å². The zero-order valence-corrected chi connectivity index (χ0v) is 37.2. The number of fused-ring (bicyclic) bond motifs is 12. The molecule has 0 unspecified atom stereocenters. The van der Waals surface area contributed by atoms with Crippen molar-refractivity contribution in [3.05, 3.63) is 218 Å². The number of hydrogen-bond donors (Lipinski definition) is 0. The topological polar surface area (TPSA) is 13.0 Å². The van der Waals surface area contributed by atoms with Crippen molar-refractivity contribution in [2.24, 2.45) is 0 Å². The second kappa shape index (κ2) is 13.9. The molecule has 2 aromatic heterocycles. The Morgan fingerprint density at radius 2 is 0.621 bits per heavy atom. The Balaban J connectivity index is 1.08. The average Bonchev–Trinajstić information content (AvgIpc) is 3.96. The van der Waals surface area contributed by atoms with Crippen molar-refractivity contribution in [1.82, 2.24) is 0 Å². The fourth-order valence-electron chi connectivity index (χ4n) is 11.6. The molecule has 9 aromatic carbocycles. The van der Waals surface area contributed by atoms with Gasteiger partial charge in [-0.05, 0) is 113 Å². The first-order valence-electron chi connectivity index (χ1n) is 22.7. The Morgan fingerprint density at radius 1 is 0.288 bits per heavy atom. The molecule has 0 atom stereocenters. The quantitative estimate of drug-likeness (QED) is 0.163. The van der Waals surface area contributed by atoms with Crippen molar-refractivity contribution in [2.45, 2.75) is 0 Å². The molecule has 66 heavy (non-hydrogen) atoms. The number of anilines is 12. The first-order valence-corrected chi connectivity index (χ1v) is 24.3. The van der Waals surface area contributed by atoms with Crippen molar-refractivity contribution >= 4 is 156 Å². The van der Waals surface area contributed by atoms with Crippen LogP contribution in [0.2, 0.25) is 0 Å². The third-order valence-corrected chi connectivity index (χ3v) is 16.6. The fraction of sp³-hybridized carbons (Fsp3) is 0. The first-order chi connectivity index (χ1) is 32.8. The maximum Gasteiger partial charge on any atom is 0.264 e. The lowest BCUT2D eigenvalue weighted by molar-refractivity contribution is 1.24. The van der Waals surface area contributed by atoms with Crippen LogP contribution in [0.25, 0.3) is 20.2 Å². The Bertz CT molecular complexity index is 3520. The summed E-state index contributed by atoms with van der Waals surface area (Å²) < 4.78 is 5.37. The van der Waals surface area contributed by atoms with Crippen LogP contribution in [-0.4, -0.2) is 13.4 Å². The second-order valence-electron chi connectivity index (χ2n) is 17.6. The van der Waals surface area contributed by atoms with Crippen LogP contribution in [0.5, 0.6) is 0 Å². The van der Waals surface area contributed by atoms with Crippen LogP contribution in [-0.2, 0) is 0 Å². The molecule has 4 nitrogen and oxygen atoms in total. The lowest BCUT2D eigenvalue weighted by Gasteiger charge is -2.46. The highest BCUT2D eigenvalue weighted by molar-refractivity contribution is 7.34. The number of para-hydroxylation sites is 4. The Hall–Kier alpha value is -7.77. The molecule has 0 spiro atoms. The van der Waals surface area contributed by atoms with Crippen molar-refractivity contribution in [1.29, 1.82) is 0 Å². The third kappa shape index (κ3) is 4.95. The molecule has 306 valence electrons. The van der Waals surface area contributed by atoms with Crippen LogP contribution in [0.1, 0.15) is 0 Å². The third-order valence-electron chi connectivity index (χ3n) is 14.2. The summed E-state index contributed by atoms with van der Waals surface area (Å²) in [6.45, 7) is -0.00569. The summed E-state index contributed by atoms with van der Waals surface area (Å²) >= 11 is 3.91. The van der Waals surface area contributed by atoms with Crippen molar-refractivity contribution < 1.29 is 0 Å². The lowest BCUT2D eigenvalue weighted by Crippen LogP contribution is -2.64. The van der Waals surface area contributed by atoms with Gasteiger partial charge in [0.15, 0.2) is 0 Å². The summed E-state index contributed by atoms with van der Waals surface area (Å²) in [6, 6.07) is 81.1. The van der Waals surface area contributed by atoms with Crippen molar-refractivity contribution in [2.75, 3.05) is 19.6 Å². The van der Waals surface area contributed by atoms with Crippen molar-refractivity contribution in [3.8, 4) is 0 Å². The average molecular weight is 875 g/mol. The summed E-state index contributed by atoms with van der Waals surface area (Å²) in [6.07, 6.45) is 0. The molecule has 6 heterocycles. The zero-order chi connectivity index (χ0) is 43.0. The maximum atomic E-state index is 2.64. The molecule has 0 saturated heterocycles. The summed E-state index contributed by atoms with van der Waals surface area (Å²) in [4.78, 5) is 10.2. The van der Waals surface area contributed by atoms with Gasteiger partial charge in [-0.3, -0.25) is 0 Å². The van der Waals surface area contributed by atoms with Gasteiger partial charge in [0.2, 0.25) is 0 Å². The predicted octanol–water partition coefficient (Wildman–Crippen LogP) is 12.3. The minimum absolute atomic E-state index is 0.00285. The van der Waals surface area contributed by atoms with Gasteiger partial charge in [-0.2, -0.15) is 0 Å². The Morgan fingerprint density at radius 3 is 1.02 bits per heavy atom. The van der Waals surface area contributed by atoms with E-state index in [9.17, 15) is 0 Å². The molecular weight excluding hydrogens is 838 g/mol. The predicted molar refractivity (Wildman–Crippen MR) is 285 cm³/mol. The van der Waals surface area contributed by atoms with Crippen LogP contribution in [0, 0.1) is 0 Å². The molecule has 0 N–H and O–H groups in total. The van der Waals surface area contributed by atoms with Crippen molar-refractivity contribution in [3.63, 3.8) is 0 Å².